The number of halogens is 3. The highest BCUT2D eigenvalue weighted by Crippen LogP contribution is 2.31. The molecule has 8 heteroatoms. The van der Waals surface area contributed by atoms with Gasteiger partial charge in [-0.25, -0.2) is 4.98 Å². The van der Waals surface area contributed by atoms with Gasteiger partial charge in [-0.1, -0.05) is 53.7 Å². The van der Waals surface area contributed by atoms with E-state index in [1.807, 2.05) is 48.7 Å². The van der Waals surface area contributed by atoms with Crippen molar-refractivity contribution in [3.8, 4) is 34.0 Å². The first-order chi connectivity index (χ1) is 15.0. The number of nitrogens with zero attached hydrogens (tertiary/aromatic N) is 3. The lowest BCUT2D eigenvalue weighted by Gasteiger charge is -2.09. The Kier molecular flexibility index (Phi) is 4.47. The molecule has 0 N–H and O–H groups in total. The number of alkyl halides is 3. The Balaban J connectivity index is 1.49. The van der Waals surface area contributed by atoms with Crippen molar-refractivity contribution in [3.05, 3.63) is 85.3 Å². The van der Waals surface area contributed by atoms with Gasteiger partial charge in [0.2, 0.25) is 0 Å². The minimum atomic E-state index is -4.72. The first-order valence-electron chi connectivity index (χ1n) is 9.32. The highest BCUT2D eigenvalue weighted by Gasteiger charge is 2.31. The molecule has 0 saturated heterocycles. The van der Waals surface area contributed by atoms with Crippen LogP contribution in [0.15, 0.2) is 89.8 Å². The first kappa shape index (κ1) is 18.9. The van der Waals surface area contributed by atoms with Gasteiger partial charge in [0, 0.05) is 11.8 Å². The molecule has 3 aromatic carbocycles. The zero-order chi connectivity index (χ0) is 21.4. The predicted molar refractivity (Wildman–Crippen MR) is 109 cm³/mol. The van der Waals surface area contributed by atoms with E-state index in [4.69, 9.17) is 4.52 Å². The second kappa shape index (κ2) is 7.32. The normalized spacial score (nSPS) is 11.7. The van der Waals surface area contributed by atoms with Gasteiger partial charge in [-0.2, -0.15) is 0 Å². The van der Waals surface area contributed by atoms with Gasteiger partial charge in [-0.15, -0.1) is 13.2 Å². The summed E-state index contributed by atoms with van der Waals surface area (Å²) in [7, 11) is 0. The van der Waals surface area contributed by atoms with Crippen LogP contribution in [0.25, 0.3) is 39.2 Å². The molecule has 5 nitrogen and oxygen atoms in total. The fraction of sp³-hybridized carbons (Fsp3) is 0.0435. The van der Waals surface area contributed by atoms with Gasteiger partial charge in [-0.05, 0) is 35.4 Å². The van der Waals surface area contributed by atoms with Gasteiger partial charge < -0.3 is 9.26 Å². The summed E-state index contributed by atoms with van der Waals surface area (Å²) in [5, 5.41) is 4.92. The van der Waals surface area contributed by atoms with Crippen LogP contribution in [0.3, 0.4) is 0 Å². The van der Waals surface area contributed by atoms with E-state index in [9.17, 15) is 13.2 Å². The molecule has 2 aromatic heterocycles. The second-order valence-corrected chi connectivity index (χ2v) is 6.82. The maximum atomic E-state index is 12.4. The second-order valence-electron chi connectivity index (χ2n) is 6.82. The van der Waals surface area contributed by atoms with Crippen molar-refractivity contribution in [2.45, 2.75) is 6.36 Å². The van der Waals surface area contributed by atoms with Crippen molar-refractivity contribution >= 4 is 11.0 Å². The Morgan fingerprint density at radius 3 is 2.32 bits per heavy atom. The fourth-order valence-electron chi connectivity index (χ4n) is 3.34. The third kappa shape index (κ3) is 3.87. The van der Waals surface area contributed by atoms with Crippen LogP contribution in [-0.2, 0) is 0 Å². The summed E-state index contributed by atoms with van der Waals surface area (Å²) < 4.78 is 48.3. The molecule has 0 aliphatic rings. The zero-order valence-corrected chi connectivity index (χ0v) is 15.9. The molecule has 2 heterocycles. The van der Waals surface area contributed by atoms with Crippen LogP contribution in [-0.4, -0.2) is 21.1 Å². The number of ether oxygens (including phenoxy) is 1. The molecule has 0 bridgehead atoms. The molecule has 0 aliphatic carbocycles. The molecule has 0 spiro atoms. The van der Waals surface area contributed by atoms with E-state index in [-0.39, 0.29) is 5.75 Å². The number of hydrogen-bond acceptors (Lipinski definition) is 4. The zero-order valence-electron chi connectivity index (χ0n) is 15.9. The monoisotopic (exact) mass is 421 g/mol. The summed E-state index contributed by atoms with van der Waals surface area (Å²) in [5.74, 6) is 0.304. The van der Waals surface area contributed by atoms with Crippen molar-refractivity contribution in [2.75, 3.05) is 0 Å². The first-order valence-corrected chi connectivity index (χ1v) is 9.32. The van der Waals surface area contributed by atoms with E-state index in [1.165, 1.54) is 12.1 Å². The number of rotatable bonds is 4. The summed E-state index contributed by atoms with van der Waals surface area (Å²) in [6, 6.07) is 20.9. The van der Waals surface area contributed by atoms with Gasteiger partial charge in [-0.3, -0.25) is 4.57 Å². The molecule has 5 aromatic rings. The maximum Gasteiger partial charge on any atom is 0.573 e. The lowest BCUT2D eigenvalue weighted by Crippen LogP contribution is -2.16. The third-order valence-corrected chi connectivity index (χ3v) is 4.77. The standard InChI is InChI=1S/C23H14F3N3O2/c24-23(25,26)30-18-9-6-15(7-10-18)17-8-11-21-19(12-17)22(28-31-21)29-13-20(27-14-29)16-4-2-1-3-5-16/h1-14H. The van der Waals surface area contributed by atoms with E-state index in [0.29, 0.717) is 11.4 Å². The summed E-state index contributed by atoms with van der Waals surface area (Å²) in [4.78, 5) is 4.44. The van der Waals surface area contributed by atoms with Crippen LogP contribution in [0.5, 0.6) is 5.75 Å². The lowest BCUT2D eigenvalue weighted by atomic mass is 10.0. The van der Waals surface area contributed by atoms with Crippen molar-refractivity contribution in [2.24, 2.45) is 0 Å². The Morgan fingerprint density at radius 2 is 1.58 bits per heavy atom. The van der Waals surface area contributed by atoms with Gasteiger partial charge >= 0.3 is 6.36 Å². The number of hydrogen-bond donors (Lipinski definition) is 0. The van der Waals surface area contributed by atoms with Gasteiger partial charge in [0.1, 0.15) is 12.1 Å². The Bertz CT molecular complexity index is 1340. The third-order valence-electron chi connectivity index (χ3n) is 4.77. The topological polar surface area (TPSA) is 53.1 Å². The average Bonchev–Trinajstić information content (AvgIpc) is 3.40. The highest BCUT2D eigenvalue weighted by atomic mass is 19.4. The average molecular weight is 421 g/mol. The maximum absolute atomic E-state index is 12.4. The van der Waals surface area contributed by atoms with E-state index < -0.39 is 6.36 Å². The SMILES string of the molecule is FC(F)(F)Oc1ccc(-c2ccc3onc(-n4cnc(-c5ccccc5)c4)c3c2)cc1. The summed E-state index contributed by atoms with van der Waals surface area (Å²) in [6.45, 7) is 0. The lowest BCUT2D eigenvalue weighted by molar-refractivity contribution is -0.274. The number of imidazole rings is 1. The smallest absolute Gasteiger partial charge is 0.406 e. The molecule has 0 amide bonds. The molecule has 0 aliphatic heterocycles. The van der Waals surface area contributed by atoms with Crippen LogP contribution in [0.2, 0.25) is 0 Å². The van der Waals surface area contributed by atoms with E-state index >= 15 is 0 Å². The van der Waals surface area contributed by atoms with E-state index in [2.05, 4.69) is 14.9 Å². The summed E-state index contributed by atoms with van der Waals surface area (Å²) in [6.07, 6.45) is -1.20. The molecule has 0 radical (unpaired) electrons. The van der Waals surface area contributed by atoms with Crippen molar-refractivity contribution in [3.63, 3.8) is 0 Å². The van der Waals surface area contributed by atoms with Crippen LogP contribution in [0.1, 0.15) is 0 Å². The van der Waals surface area contributed by atoms with Crippen LogP contribution >= 0.6 is 0 Å². The molecular formula is C23H14F3N3O2. The molecule has 154 valence electrons. The van der Waals surface area contributed by atoms with Crippen LogP contribution in [0.4, 0.5) is 13.2 Å². The van der Waals surface area contributed by atoms with Crippen molar-refractivity contribution in [1.29, 1.82) is 0 Å². The quantitative estimate of drug-likeness (QED) is 0.344. The molecule has 5 rings (SSSR count). The molecule has 0 unspecified atom stereocenters. The summed E-state index contributed by atoms with van der Waals surface area (Å²) >= 11 is 0. The molecule has 0 atom stereocenters. The molecule has 31 heavy (non-hydrogen) atoms. The van der Waals surface area contributed by atoms with E-state index in [1.54, 1.807) is 29.1 Å². The number of aromatic nitrogens is 3. The minimum Gasteiger partial charge on any atom is -0.406 e. The highest BCUT2D eigenvalue weighted by molar-refractivity contribution is 5.89. The molecule has 0 saturated carbocycles. The molecule has 0 fully saturated rings. The number of fused-ring (bicyclic) bond motifs is 1. The predicted octanol–water partition coefficient (Wildman–Crippen LogP) is 6.25. The Morgan fingerprint density at radius 1 is 0.839 bits per heavy atom. The van der Waals surface area contributed by atoms with Gasteiger partial charge in [0.25, 0.3) is 0 Å². The summed E-state index contributed by atoms with van der Waals surface area (Å²) in [5.41, 5.74) is 3.91. The van der Waals surface area contributed by atoms with Crippen molar-refractivity contribution < 1.29 is 22.4 Å². The number of benzene rings is 3. The molecular weight excluding hydrogens is 407 g/mol. The van der Waals surface area contributed by atoms with Crippen LogP contribution < -0.4 is 4.74 Å². The van der Waals surface area contributed by atoms with Crippen molar-refractivity contribution in [1.82, 2.24) is 14.7 Å². The van der Waals surface area contributed by atoms with Gasteiger partial charge in [0.15, 0.2) is 11.4 Å². The van der Waals surface area contributed by atoms with Crippen LogP contribution in [0, 0.1) is 0 Å². The van der Waals surface area contributed by atoms with E-state index in [0.717, 1.165) is 27.8 Å². The fourth-order valence-corrected chi connectivity index (χ4v) is 3.34. The Hall–Kier alpha value is -4.07. The Labute approximate surface area is 174 Å². The minimum absolute atomic E-state index is 0.269. The van der Waals surface area contributed by atoms with Gasteiger partial charge in [0.05, 0.1) is 11.1 Å². The largest absolute Gasteiger partial charge is 0.573 e.